The van der Waals surface area contributed by atoms with Gasteiger partial charge in [0.2, 0.25) is 0 Å². The number of halogens is 1. The predicted molar refractivity (Wildman–Crippen MR) is 97.1 cm³/mol. The Morgan fingerprint density at radius 2 is 1.48 bits per heavy atom. The molecule has 8 heteroatoms. The number of azo groups is 1. The minimum atomic E-state index is -3.72. The Morgan fingerprint density at radius 3 is 2.08 bits per heavy atom. The van der Waals surface area contributed by atoms with E-state index in [-0.39, 0.29) is 10.0 Å². The van der Waals surface area contributed by atoms with Gasteiger partial charge in [0, 0.05) is 11.9 Å². The lowest BCUT2D eigenvalue weighted by Crippen LogP contribution is -2.13. The number of hydrogen-bond donors (Lipinski definition) is 1. The van der Waals surface area contributed by atoms with Gasteiger partial charge in [-0.1, -0.05) is 29.8 Å². The van der Waals surface area contributed by atoms with Gasteiger partial charge in [0.05, 0.1) is 11.4 Å². The van der Waals surface area contributed by atoms with Crippen molar-refractivity contribution in [2.24, 2.45) is 10.2 Å². The quantitative estimate of drug-likeness (QED) is 0.508. The molecule has 0 atom stereocenters. The normalized spacial score (nSPS) is 11.6. The number of sulfonamides is 1. The molecule has 0 bridgehead atoms. The highest BCUT2D eigenvalue weighted by Gasteiger charge is 2.14. The number of nitrogens with zero attached hydrogens (tertiary/aromatic N) is 3. The fraction of sp³-hybridized carbons (Fsp3) is 0. The number of benzene rings is 2. The van der Waals surface area contributed by atoms with Crippen molar-refractivity contribution in [3.05, 3.63) is 78.1 Å². The van der Waals surface area contributed by atoms with E-state index < -0.39 is 10.0 Å². The molecule has 0 aliphatic heterocycles. The van der Waals surface area contributed by atoms with Gasteiger partial charge in [-0.05, 0) is 48.5 Å². The summed E-state index contributed by atoms with van der Waals surface area (Å²) in [5, 5.41) is 8.44. The van der Waals surface area contributed by atoms with E-state index in [4.69, 9.17) is 11.6 Å². The van der Waals surface area contributed by atoms with Gasteiger partial charge >= 0.3 is 0 Å². The zero-order valence-electron chi connectivity index (χ0n) is 12.9. The molecule has 126 valence electrons. The van der Waals surface area contributed by atoms with E-state index in [1.807, 2.05) is 30.3 Å². The number of anilines is 1. The minimum absolute atomic E-state index is 0.0322. The summed E-state index contributed by atoms with van der Waals surface area (Å²) in [5.41, 5.74) is 1.76. The van der Waals surface area contributed by atoms with Crippen LogP contribution in [0.1, 0.15) is 0 Å². The Bertz CT molecular complexity index is 973. The number of pyridine rings is 1. The number of rotatable bonds is 5. The largest absolute Gasteiger partial charge is 0.280 e. The van der Waals surface area contributed by atoms with E-state index in [2.05, 4.69) is 19.9 Å². The Hall–Kier alpha value is -2.77. The van der Waals surface area contributed by atoms with Crippen molar-refractivity contribution in [2.45, 2.75) is 4.90 Å². The Morgan fingerprint density at radius 1 is 0.840 bits per heavy atom. The van der Waals surface area contributed by atoms with Crippen molar-refractivity contribution < 1.29 is 8.42 Å². The summed E-state index contributed by atoms with van der Waals surface area (Å²) < 4.78 is 27.0. The van der Waals surface area contributed by atoms with Crippen LogP contribution in [0.3, 0.4) is 0 Å². The lowest BCUT2D eigenvalue weighted by atomic mass is 10.3. The summed E-state index contributed by atoms with van der Waals surface area (Å²) in [6.45, 7) is 0. The van der Waals surface area contributed by atoms with Crippen LogP contribution in [-0.2, 0) is 10.0 Å². The van der Waals surface area contributed by atoms with Gasteiger partial charge < -0.3 is 0 Å². The maximum Gasteiger partial charge on any atom is 0.263 e. The van der Waals surface area contributed by atoms with E-state index in [1.165, 1.54) is 18.3 Å². The van der Waals surface area contributed by atoms with Crippen LogP contribution in [0.5, 0.6) is 0 Å². The van der Waals surface area contributed by atoms with Crippen LogP contribution in [0.25, 0.3) is 0 Å². The van der Waals surface area contributed by atoms with Gasteiger partial charge in [-0.3, -0.25) is 4.72 Å². The van der Waals surface area contributed by atoms with Crippen molar-refractivity contribution >= 4 is 38.7 Å². The SMILES string of the molecule is O=S(=O)(Nc1ccc(N=Nc2ccccc2)cc1)c1ccc(Cl)nc1. The molecule has 25 heavy (non-hydrogen) atoms. The average Bonchev–Trinajstić information content (AvgIpc) is 2.62. The van der Waals surface area contributed by atoms with Crippen LogP contribution in [0.15, 0.2) is 88.1 Å². The van der Waals surface area contributed by atoms with Crippen molar-refractivity contribution in [3.8, 4) is 0 Å². The van der Waals surface area contributed by atoms with Crippen molar-refractivity contribution in [3.63, 3.8) is 0 Å². The van der Waals surface area contributed by atoms with Crippen LogP contribution in [0, 0.1) is 0 Å². The third kappa shape index (κ3) is 4.62. The number of nitrogens with one attached hydrogen (secondary N) is 1. The van der Waals surface area contributed by atoms with Crippen LogP contribution in [0.2, 0.25) is 5.15 Å². The topological polar surface area (TPSA) is 83.8 Å². The molecule has 0 saturated carbocycles. The molecule has 0 fully saturated rings. The highest BCUT2D eigenvalue weighted by Crippen LogP contribution is 2.22. The third-order valence-corrected chi connectivity index (χ3v) is 4.76. The molecule has 2 aromatic carbocycles. The van der Waals surface area contributed by atoms with E-state index in [0.29, 0.717) is 11.4 Å². The Labute approximate surface area is 150 Å². The summed E-state index contributed by atoms with van der Waals surface area (Å²) in [6, 6.07) is 18.7. The first-order valence-electron chi connectivity index (χ1n) is 7.24. The van der Waals surface area contributed by atoms with Gasteiger partial charge in [0.1, 0.15) is 10.0 Å². The fourth-order valence-corrected chi connectivity index (χ4v) is 3.06. The van der Waals surface area contributed by atoms with Crippen molar-refractivity contribution in [1.29, 1.82) is 0 Å². The average molecular weight is 373 g/mol. The maximum atomic E-state index is 12.3. The molecule has 0 radical (unpaired) electrons. The summed E-state index contributed by atoms with van der Waals surface area (Å²) in [7, 11) is -3.72. The summed E-state index contributed by atoms with van der Waals surface area (Å²) in [5.74, 6) is 0. The monoisotopic (exact) mass is 372 g/mol. The van der Waals surface area contributed by atoms with Crippen LogP contribution < -0.4 is 4.72 Å². The molecule has 6 nitrogen and oxygen atoms in total. The van der Waals surface area contributed by atoms with E-state index in [0.717, 1.165) is 5.69 Å². The van der Waals surface area contributed by atoms with E-state index in [1.54, 1.807) is 24.3 Å². The molecule has 3 rings (SSSR count). The molecular formula is C17H13ClN4O2S. The minimum Gasteiger partial charge on any atom is -0.280 e. The standard InChI is InChI=1S/C17H13ClN4O2S/c18-17-11-10-16(12-19-17)25(23,24)22-15-8-6-14(7-9-15)21-20-13-4-2-1-3-5-13/h1-12,22H. The van der Waals surface area contributed by atoms with Crippen LogP contribution >= 0.6 is 11.6 Å². The van der Waals surface area contributed by atoms with Crippen LogP contribution in [0.4, 0.5) is 17.1 Å². The van der Waals surface area contributed by atoms with E-state index in [9.17, 15) is 8.42 Å². The fourth-order valence-electron chi connectivity index (χ4n) is 1.94. The van der Waals surface area contributed by atoms with Crippen molar-refractivity contribution in [2.75, 3.05) is 4.72 Å². The first-order valence-corrected chi connectivity index (χ1v) is 9.10. The van der Waals surface area contributed by atoms with Gasteiger partial charge in [-0.2, -0.15) is 10.2 Å². The molecule has 0 saturated heterocycles. The molecular weight excluding hydrogens is 360 g/mol. The Balaban J connectivity index is 1.72. The molecule has 0 unspecified atom stereocenters. The van der Waals surface area contributed by atoms with Gasteiger partial charge in [0.25, 0.3) is 10.0 Å². The van der Waals surface area contributed by atoms with Crippen LogP contribution in [-0.4, -0.2) is 13.4 Å². The molecule has 1 N–H and O–H groups in total. The summed E-state index contributed by atoms with van der Waals surface area (Å²) >= 11 is 5.67. The molecule has 0 amide bonds. The third-order valence-electron chi connectivity index (χ3n) is 3.17. The maximum absolute atomic E-state index is 12.3. The highest BCUT2D eigenvalue weighted by molar-refractivity contribution is 7.92. The second-order valence-corrected chi connectivity index (χ2v) is 7.07. The molecule has 0 aliphatic carbocycles. The number of aromatic nitrogens is 1. The Kier molecular flexibility index (Phi) is 5.06. The highest BCUT2D eigenvalue weighted by atomic mass is 35.5. The number of hydrogen-bond acceptors (Lipinski definition) is 5. The lowest BCUT2D eigenvalue weighted by molar-refractivity contribution is 0.601. The zero-order chi connectivity index (χ0) is 17.7. The molecule has 1 aromatic heterocycles. The van der Waals surface area contributed by atoms with Gasteiger partial charge in [0.15, 0.2) is 0 Å². The first kappa shape index (κ1) is 17.1. The van der Waals surface area contributed by atoms with E-state index >= 15 is 0 Å². The second-order valence-electron chi connectivity index (χ2n) is 5.00. The smallest absolute Gasteiger partial charge is 0.263 e. The zero-order valence-corrected chi connectivity index (χ0v) is 14.4. The van der Waals surface area contributed by atoms with Gasteiger partial charge in [-0.15, -0.1) is 0 Å². The molecule has 0 spiro atoms. The van der Waals surface area contributed by atoms with Crippen molar-refractivity contribution in [1.82, 2.24) is 4.98 Å². The van der Waals surface area contributed by atoms with Gasteiger partial charge in [-0.25, -0.2) is 13.4 Å². The molecule has 3 aromatic rings. The predicted octanol–water partition coefficient (Wildman–Crippen LogP) is 4.95. The lowest BCUT2D eigenvalue weighted by Gasteiger charge is -2.07. The summed E-state index contributed by atoms with van der Waals surface area (Å²) in [4.78, 5) is 3.81. The molecule has 0 aliphatic rings. The molecule has 1 heterocycles. The first-order chi connectivity index (χ1) is 12.0. The second kappa shape index (κ2) is 7.42. The summed E-state index contributed by atoms with van der Waals surface area (Å²) in [6.07, 6.45) is 1.20.